The van der Waals surface area contributed by atoms with Crippen molar-refractivity contribution in [2.75, 3.05) is 0 Å². The minimum Gasteiger partial charge on any atom is -0.479 e. The summed E-state index contributed by atoms with van der Waals surface area (Å²) in [5.41, 5.74) is -2.75. The average molecular weight is 369 g/mol. The molecule has 6 nitrogen and oxygen atoms in total. The summed E-state index contributed by atoms with van der Waals surface area (Å²) in [7, 11) is 0. The number of aromatic nitrogens is 2. The van der Waals surface area contributed by atoms with Crippen molar-refractivity contribution in [2.24, 2.45) is 5.90 Å². The lowest BCUT2D eigenvalue weighted by atomic mass is 9.83. The Labute approximate surface area is 147 Å². The molecule has 0 bridgehead atoms. The van der Waals surface area contributed by atoms with Crippen LogP contribution < -0.4 is 5.90 Å². The Bertz CT molecular complexity index is 788. The van der Waals surface area contributed by atoms with Crippen LogP contribution in [0.5, 0.6) is 0 Å². The van der Waals surface area contributed by atoms with Gasteiger partial charge in [0.25, 0.3) is 0 Å². The summed E-state index contributed by atoms with van der Waals surface area (Å²) in [6.07, 6.45) is 1.00. The fourth-order valence-electron chi connectivity index (χ4n) is 2.78. The first-order valence-corrected chi connectivity index (χ1v) is 7.67. The van der Waals surface area contributed by atoms with Gasteiger partial charge in [0.15, 0.2) is 5.54 Å². The summed E-state index contributed by atoms with van der Waals surface area (Å²) in [6, 6.07) is 4.27. The molecule has 0 radical (unpaired) electrons. The SMILES string of the molecule is CC=C(CCC(C(=O)O)(c1cccc(C(F)(F)F)c1)n1ccnc1)ON. The Balaban J connectivity index is 2.62. The van der Waals surface area contributed by atoms with Gasteiger partial charge in [-0.3, -0.25) is 0 Å². The maximum Gasteiger partial charge on any atom is 0.416 e. The van der Waals surface area contributed by atoms with Crippen molar-refractivity contribution in [3.8, 4) is 0 Å². The third-order valence-electron chi connectivity index (χ3n) is 4.17. The van der Waals surface area contributed by atoms with Gasteiger partial charge in [0, 0.05) is 18.8 Å². The van der Waals surface area contributed by atoms with Gasteiger partial charge >= 0.3 is 12.1 Å². The molecule has 0 fully saturated rings. The zero-order valence-corrected chi connectivity index (χ0v) is 13.9. The number of imidazole rings is 1. The van der Waals surface area contributed by atoms with Crippen molar-refractivity contribution in [3.63, 3.8) is 0 Å². The van der Waals surface area contributed by atoms with Crippen LogP contribution in [0.4, 0.5) is 13.2 Å². The van der Waals surface area contributed by atoms with E-state index in [0.717, 1.165) is 12.1 Å². The minimum absolute atomic E-state index is 0.0229. The van der Waals surface area contributed by atoms with Crippen LogP contribution in [-0.4, -0.2) is 20.6 Å². The summed E-state index contributed by atoms with van der Waals surface area (Å²) in [5, 5.41) is 9.98. The predicted octanol–water partition coefficient (Wildman–Crippen LogP) is 3.30. The van der Waals surface area contributed by atoms with E-state index < -0.39 is 23.2 Å². The highest BCUT2D eigenvalue weighted by atomic mass is 19.4. The first-order chi connectivity index (χ1) is 12.3. The second-order valence-corrected chi connectivity index (χ2v) is 5.59. The number of aliphatic carboxylic acids is 1. The summed E-state index contributed by atoms with van der Waals surface area (Å²) in [5.74, 6) is 4.15. The second kappa shape index (κ2) is 7.61. The minimum atomic E-state index is -4.59. The van der Waals surface area contributed by atoms with Crippen molar-refractivity contribution in [3.05, 3.63) is 65.9 Å². The molecule has 1 atom stereocenters. The number of nitrogens with zero attached hydrogens (tertiary/aromatic N) is 2. The average Bonchev–Trinajstić information content (AvgIpc) is 3.13. The van der Waals surface area contributed by atoms with E-state index in [0.29, 0.717) is 5.76 Å². The van der Waals surface area contributed by atoms with E-state index in [9.17, 15) is 23.1 Å². The van der Waals surface area contributed by atoms with E-state index in [1.54, 1.807) is 13.0 Å². The summed E-state index contributed by atoms with van der Waals surface area (Å²) < 4.78 is 40.6. The van der Waals surface area contributed by atoms with E-state index in [4.69, 9.17) is 5.90 Å². The molecule has 0 saturated heterocycles. The second-order valence-electron chi connectivity index (χ2n) is 5.59. The zero-order valence-electron chi connectivity index (χ0n) is 13.9. The number of allylic oxidation sites excluding steroid dienone is 2. The number of carboxylic acid groups (broad SMARTS) is 1. The molecule has 140 valence electrons. The number of rotatable bonds is 7. The van der Waals surface area contributed by atoms with Crippen LogP contribution in [0, 0.1) is 0 Å². The van der Waals surface area contributed by atoms with Gasteiger partial charge in [-0.1, -0.05) is 12.1 Å². The van der Waals surface area contributed by atoms with E-state index in [1.807, 2.05) is 0 Å². The molecule has 0 aliphatic rings. The number of hydrogen-bond acceptors (Lipinski definition) is 4. The third kappa shape index (κ3) is 3.72. The number of nitrogens with two attached hydrogens (primary N) is 1. The number of hydrogen-bond donors (Lipinski definition) is 2. The molecule has 3 N–H and O–H groups in total. The quantitative estimate of drug-likeness (QED) is 0.577. The molecule has 26 heavy (non-hydrogen) atoms. The van der Waals surface area contributed by atoms with Gasteiger partial charge in [0.05, 0.1) is 11.9 Å². The lowest BCUT2D eigenvalue weighted by Crippen LogP contribution is -2.43. The topological polar surface area (TPSA) is 90.4 Å². The Morgan fingerprint density at radius 3 is 2.58 bits per heavy atom. The van der Waals surface area contributed by atoms with Crippen LogP contribution in [0.25, 0.3) is 0 Å². The van der Waals surface area contributed by atoms with Crippen molar-refractivity contribution in [2.45, 2.75) is 31.5 Å². The number of halogens is 3. The predicted molar refractivity (Wildman–Crippen MR) is 86.6 cm³/mol. The van der Waals surface area contributed by atoms with E-state index in [2.05, 4.69) is 9.82 Å². The standard InChI is InChI=1S/C17H18F3N3O3/c1-2-14(26-21)6-7-16(15(24)25,23-9-8-22-11-23)12-4-3-5-13(10-12)17(18,19)20/h2-5,8-11H,6-7,21H2,1H3,(H,24,25). The Hall–Kier alpha value is -2.81. The van der Waals surface area contributed by atoms with E-state index in [1.165, 1.54) is 35.4 Å². The lowest BCUT2D eigenvalue weighted by Gasteiger charge is -2.32. The van der Waals surface area contributed by atoms with E-state index in [-0.39, 0.29) is 18.4 Å². The van der Waals surface area contributed by atoms with Crippen LogP contribution >= 0.6 is 0 Å². The van der Waals surface area contributed by atoms with Crippen LogP contribution in [0.2, 0.25) is 0 Å². The first-order valence-electron chi connectivity index (χ1n) is 7.67. The molecule has 9 heteroatoms. The Morgan fingerprint density at radius 1 is 1.38 bits per heavy atom. The number of benzene rings is 1. The largest absolute Gasteiger partial charge is 0.479 e. The number of carboxylic acids is 1. The molecule has 0 saturated carbocycles. The summed E-state index contributed by atoms with van der Waals surface area (Å²) in [6.45, 7) is 1.66. The molecule has 0 aliphatic heterocycles. The van der Waals surface area contributed by atoms with E-state index >= 15 is 0 Å². The fourth-order valence-corrected chi connectivity index (χ4v) is 2.78. The molecule has 1 aromatic heterocycles. The van der Waals surface area contributed by atoms with Gasteiger partial charge in [-0.25, -0.2) is 9.78 Å². The Morgan fingerprint density at radius 2 is 2.08 bits per heavy atom. The normalized spacial score (nSPS) is 14.7. The molecule has 2 rings (SSSR count). The van der Waals surface area contributed by atoms with Crippen LogP contribution in [0.3, 0.4) is 0 Å². The fraction of sp³-hybridized carbons (Fsp3) is 0.294. The maximum absolute atomic E-state index is 13.1. The molecule has 0 aliphatic carbocycles. The number of carbonyl (C=O) groups is 1. The van der Waals surface area contributed by atoms with Gasteiger partial charge in [0.1, 0.15) is 5.76 Å². The molecule has 0 spiro atoms. The first kappa shape index (κ1) is 19.5. The number of alkyl halides is 3. The van der Waals surface area contributed by atoms with Gasteiger partial charge in [0.2, 0.25) is 0 Å². The van der Waals surface area contributed by atoms with Crippen LogP contribution in [0.1, 0.15) is 30.9 Å². The third-order valence-corrected chi connectivity index (χ3v) is 4.17. The van der Waals surface area contributed by atoms with Gasteiger partial charge < -0.3 is 14.5 Å². The molecule has 1 aromatic carbocycles. The molecular weight excluding hydrogens is 351 g/mol. The van der Waals surface area contributed by atoms with Crippen LogP contribution in [0.15, 0.2) is 54.8 Å². The van der Waals surface area contributed by atoms with Crippen molar-refractivity contribution in [1.82, 2.24) is 9.55 Å². The molecule has 1 unspecified atom stereocenters. The zero-order chi connectivity index (χ0) is 19.4. The Kier molecular flexibility index (Phi) is 5.71. The molecule has 1 heterocycles. The smallest absolute Gasteiger partial charge is 0.416 e. The van der Waals surface area contributed by atoms with Gasteiger partial charge in [-0.2, -0.15) is 19.1 Å². The summed E-state index contributed by atoms with van der Waals surface area (Å²) >= 11 is 0. The summed E-state index contributed by atoms with van der Waals surface area (Å²) in [4.78, 5) is 20.8. The van der Waals surface area contributed by atoms with Gasteiger partial charge in [-0.15, -0.1) is 0 Å². The maximum atomic E-state index is 13.1. The monoisotopic (exact) mass is 369 g/mol. The van der Waals surface area contributed by atoms with Crippen molar-refractivity contribution < 1.29 is 27.9 Å². The van der Waals surface area contributed by atoms with Gasteiger partial charge in [-0.05, 0) is 37.1 Å². The van der Waals surface area contributed by atoms with Crippen molar-refractivity contribution >= 4 is 5.97 Å². The molecule has 0 amide bonds. The van der Waals surface area contributed by atoms with Crippen LogP contribution in [-0.2, 0) is 21.3 Å². The highest BCUT2D eigenvalue weighted by Gasteiger charge is 2.43. The molecule has 2 aromatic rings. The van der Waals surface area contributed by atoms with Crippen molar-refractivity contribution in [1.29, 1.82) is 0 Å². The highest BCUT2D eigenvalue weighted by molar-refractivity contribution is 5.81. The lowest BCUT2D eigenvalue weighted by molar-refractivity contribution is -0.146. The highest BCUT2D eigenvalue weighted by Crippen LogP contribution is 2.37. The molecular formula is C17H18F3N3O3.